The van der Waals surface area contributed by atoms with Crippen molar-refractivity contribution in [3.63, 3.8) is 0 Å². The van der Waals surface area contributed by atoms with Crippen LogP contribution in [0, 0.1) is 0 Å². The fourth-order valence-electron chi connectivity index (χ4n) is 1.43. The highest BCUT2D eigenvalue weighted by atomic mass is 35.5. The first-order valence-electron chi connectivity index (χ1n) is 5.59. The van der Waals surface area contributed by atoms with Crippen molar-refractivity contribution in [1.82, 2.24) is 9.29 Å². The lowest BCUT2D eigenvalue weighted by atomic mass is 10.3. The summed E-state index contributed by atoms with van der Waals surface area (Å²) in [6.07, 6.45) is 4.69. The summed E-state index contributed by atoms with van der Waals surface area (Å²) in [7, 11) is -3.45. The van der Waals surface area contributed by atoms with Crippen molar-refractivity contribution >= 4 is 21.6 Å². The van der Waals surface area contributed by atoms with Crippen LogP contribution in [0.2, 0.25) is 0 Å². The zero-order chi connectivity index (χ0) is 12.7. The highest BCUT2D eigenvalue weighted by Crippen LogP contribution is 2.14. The molecule has 1 heterocycles. The monoisotopic (exact) mass is 276 g/mol. The van der Waals surface area contributed by atoms with E-state index in [0.717, 1.165) is 12.8 Å². The number of hydrogen-bond donors (Lipinski definition) is 0. The molecular weight excluding hydrogens is 260 g/mol. The number of halogens is 1. The van der Waals surface area contributed by atoms with Crippen molar-refractivity contribution in [3.8, 4) is 0 Å². The molecule has 0 atom stereocenters. The van der Waals surface area contributed by atoms with Crippen molar-refractivity contribution in [2.24, 2.45) is 0 Å². The number of sulfonamides is 1. The van der Waals surface area contributed by atoms with E-state index < -0.39 is 10.0 Å². The predicted molar refractivity (Wildman–Crippen MR) is 68.6 cm³/mol. The van der Waals surface area contributed by atoms with Gasteiger partial charge >= 0.3 is 0 Å². The summed E-state index contributed by atoms with van der Waals surface area (Å²) in [5, 5.41) is 0. The molecule has 0 bridgehead atoms. The van der Waals surface area contributed by atoms with E-state index in [-0.39, 0.29) is 4.90 Å². The lowest BCUT2D eigenvalue weighted by Crippen LogP contribution is -2.33. The van der Waals surface area contributed by atoms with Crippen molar-refractivity contribution in [1.29, 1.82) is 0 Å². The van der Waals surface area contributed by atoms with Crippen LogP contribution >= 0.6 is 11.6 Å². The van der Waals surface area contributed by atoms with Gasteiger partial charge in [-0.05, 0) is 18.6 Å². The maximum Gasteiger partial charge on any atom is 0.244 e. The average molecular weight is 277 g/mol. The van der Waals surface area contributed by atoms with E-state index in [1.54, 1.807) is 18.3 Å². The summed E-state index contributed by atoms with van der Waals surface area (Å²) in [6.45, 7) is 2.86. The van der Waals surface area contributed by atoms with Gasteiger partial charge in [0.05, 0.1) is 0 Å². The Morgan fingerprint density at radius 1 is 1.41 bits per heavy atom. The molecular formula is C11H17ClN2O2S. The van der Waals surface area contributed by atoms with Crippen molar-refractivity contribution < 1.29 is 8.42 Å². The number of alkyl halides is 1. The second kappa shape index (κ2) is 6.93. The molecule has 1 aromatic rings. The van der Waals surface area contributed by atoms with Crippen LogP contribution in [0.25, 0.3) is 0 Å². The minimum Gasteiger partial charge on any atom is -0.263 e. The Labute approximate surface area is 108 Å². The largest absolute Gasteiger partial charge is 0.263 e. The molecule has 0 radical (unpaired) electrons. The van der Waals surface area contributed by atoms with Gasteiger partial charge in [-0.3, -0.25) is 4.98 Å². The molecule has 0 aliphatic carbocycles. The lowest BCUT2D eigenvalue weighted by Gasteiger charge is -2.20. The molecule has 0 aromatic carbocycles. The van der Waals surface area contributed by atoms with E-state index in [2.05, 4.69) is 4.98 Å². The van der Waals surface area contributed by atoms with Gasteiger partial charge in [-0.2, -0.15) is 4.31 Å². The molecule has 0 N–H and O–H groups in total. The Hall–Kier alpha value is -0.650. The van der Waals surface area contributed by atoms with Crippen LogP contribution in [-0.2, 0) is 10.0 Å². The van der Waals surface area contributed by atoms with Gasteiger partial charge < -0.3 is 0 Å². The van der Waals surface area contributed by atoms with E-state index in [9.17, 15) is 8.42 Å². The molecule has 1 aromatic heterocycles. The van der Waals surface area contributed by atoms with Gasteiger partial charge in [0.2, 0.25) is 10.0 Å². The van der Waals surface area contributed by atoms with E-state index in [4.69, 9.17) is 11.6 Å². The van der Waals surface area contributed by atoms with Crippen LogP contribution < -0.4 is 0 Å². The quantitative estimate of drug-likeness (QED) is 0.717. The molecule has 96 valence electrons. The second-order valence-electron chi connectivity index (χ2n) is 3.64. The first-order valence-corrected chi connectivity index (χ1v) is 7.56. The summed E-state index contributed by atoms with van der Waals surface area (Å²) in [6, 6.07) is 3.17. The third kappa shape index (κ3) is 3.94. The molecule has 0 spiro atoms. The summed E-state index contributed by atoms with van der Waals surface area (Å²) in [5.74, 6) is 0.295. The first kappa shape index (κ1) is 14.4. The van der Waals surface area contributed by atoms with E-state index in [1.165, 1.54) is 10.5 Å². The summed E-state index contributed by atoms with van der Waals surface area (Å²) in [4.78, 5) is 4.06. The fourth-order valence-corrected chi connectivity index (χ4v) is 3.18. The second-order valence-corrected chi connectivity index (χ2v) is 5.95. The molecule has 0 amide bonds. The number of unbranched alkanes of at least 4 members (excludes halogenated alkanes) is 1. The standard InChI is InChI=1S/C11H17ClN2O2S/c1-2-3-8-14(9-6-12)17(15,16)11-5-4-7-13-10-11/h4-5,7,10H,2-3,6,8-9H2,1H3. The Balaban J connectivity index is 2.92. The zero-order valence-corrected chi connectivity index (χ0v) is 11.4. The Kier molecular flexibility index (Phi) is 5.88. The van der Waals surface area contributed by atoms with Gasteiger partial charge in [0.25, 0.3) is 0 Å². The van der Waals surface area contributed by atoms with Gasteiger partial charge in [0, 0.05) is 31.4 Å². The Bertz CT molecular complexity index is 422. The van der Waals surface area contributed by atoms with E-state index >= 15 is 0 Å². The molecule has 1 rings (SSSR count). The fraction of sp³-hybridized carbons (Fsp3) is 0.545. The molecule has 0 aliphatic rings. The van der Waals surface area contributed by atoms with Crippen LogP contribution in [-0.4, -0.2) is 36.7 Å². The highest BCUT2D eigenvalue weighted by molar-refractivity contribution is 7.89. The number of rotatable bonds is 7. The van der Waals surface area contributed by atoms with Crippen LogP contribution in [0.3, 0.4) is 0 Å². The van der Waals surface area contributed by atoms with Gasteiger partial charge in [-0.15, -0.1) is 11.6 Å². The molecule has 6 heteroatoms. The molecule has 0 saturated carbocycles. The maximum atomic E-state index is 12.3. The lowest BCUT2D eigenvalue weighted by molar-refractivity contribution is 0.420. The minimum atomic E-state index is -3.45. The van der Waals surface area contributed by atoms with Gasteiger partial charge in [-0.25, -0.2) is 8.42 Å². The van der Waals surface area contributed by atoms with Crippen LogP contribution in [0.5, 0.6) is 0 Å². The van der Waals surface area contributed by atoms with Crippen molar-refractivity contribution in [2.75, 3.05) is 19.0 Å². The molecule has 0 aliphatic heterocycles. The Morgan fingerprint density at radius 2 is 2.18 bits per heavy atom. The molecule has 4 nitrogen and oxygen atoms in total. The maximum absolute atomic E-state index is 12.3. The van der Waals surface area contributed by atoms with E-state index in [0.29, 0.717) is 19.0 Å². The summed E-state index contributed by atoms with van der Waals surface area (Å²) in [5.41, 5.74) is 0. The minimum absolute atomic E-state index is 0.223. The number of nitrogens with zero attached hydrogens (tertiary/aromatic N) is 2. The third-order valence-corrected chi connectivity index (χ3v) is 4.42. The van der Waals surface area contributed by atoms with Crippen LogP contribution in [0.15, 0.2) is 29.4 Å². The Morgan fingerprint density at radius 3 is 2.71 bits per heavy atom. The number of hydrogen-bond acceptors (Lipinski definition) is 3. The zero-order valence-electron chi connectivity index (χ0n) is 9.84. The molecule has 17 heavy (non-hydrogen) atoms. The SMILES string of the molecule is CCCCN(CCCl)S(=O)(=O)c1cccnc1. The third-order valence-electron chi connectivity index (χ3n) is 2.37. The number of pyridine rings is 1. The van der Waals surface area contributed by atoms with Crippen LogP contribution in [0.1, 0.15) is 19.8 Å². The number of aromatic nitrogens is 1. The van der Waals surface area contributed by atoms with Crippen LogP contribution in [0.4, 0.5) is 0 Å². The van der Waals surface area contributed by atoms with Crippen molar-refractivity contribution in [2.45, 2.75) is 24.7 Å². The summed E-state index contributed by atoms with van der Waals surface area (Å²) < 4.78 is 25.9. The van der Waals surface area contributed by atoms with Gasteiger partial charge in [-0.1, -0.05) is 13.3 Å². The van der Waals surface area contributed by atoms with Crippen molar-refractivity contribution in [3.05, 3.63) is 24.5 Å². The van der Waals surface area contributed by atoms with E-state index in [1.807, 2.05) is 6.92 Å². The normalized spacial score (nSPS) is 11.9. The average Bonchev–Trinajstić information content (AvgIpc) is 2.35. The van der Waals surface area contributed by atoms with Gasteiger partial charge in [0.15, 0.2) is 0 Å². The molecule has 0 fully saturated rings. The summed E-state index contributed by atoms with van der Waals surface area (Å²) >= 11 is 5.65. The highest BCUT2D eigenvalue weighted by Gasteiger charge is 2.23. The van der Waals surface area contributed by atoms with Gasteiger partial charge in [0.1, 0.15) is 4.90 Å². The first-order chi connectivity index (χ1) is 8.12. The topological polar surface area (TPSA) is 50.3 Å². The molecule has 0 saturated heterocycles. The smallest absolute Gasteiger partial charge is 0.244 e. The predicted octanol–water partition coefficient (Wildman–Crippen LogP) is 2.11. The molecule has 0 unspecified atom stereocenters.